The summed E-state index contributed by atoms with van der Waals surface area (Å²) >= 11 is 0. The van der Waals surface area contributed by atoms with Crippen LogP contribution in [0.4, 0.5) is 0 Å². The van der Waals surface area contributed by atoms with Crippen LogP contribution in [0, 0.1) is 0 Å². The lowest BCUT2D eigenvalue weighted by molar-refractivity contribution is -0.109. The van der Waals surface area contributed by atoms with E-state index in [9.17, 15) is 9.59 Å². The lowest BCUT2D eigenvalue weighted by Gasteiger charge is -2.11. The van der Waals surface area contributed by atoms with Gasteiger partial charge in [0.25, 0.3) is 0 Å². The summed E-state index contributed by atoms with van der Waals surface area (Å²) in [6.45, 7) is -0.117. The van der Waals surface area contributed by atoms with Crippen LogP contribution in [0.3, 0.4) is 0 Å². The van der Waals surface area contributed by atoms with Gasteiger partial charge in [-0.15, -0.1) is 0 Å². The van der Waals surface area contributed by atoms with Crippen molar-refractivity contribution in [1.82, 2.24) is 0 Å². The van der Waals surface area contributed by atoms with Crippen molar-refractivity contribution < 1.29 is 28.2 Å². The molecule has 140 valence electrons. The van der Waals surface area contributed by atoms with E-state index in [0.29, 0.717) is 46.0 Å². The molecular weight excluding hydrogens is 352 g/mol. The van der Waals surface area contributed by atoms with Crippen LogP contribution in [0.2, 0.25) is 0 Å². The Balaban J connectivity index is 2.18. The Morgan fingerprint density at radius 2 is 1.67 bits per heavy atom. The van der Waals surface area contributed by atoms with Gasteiger partial charge < -0.3 is 23.4 Å². The SMILES string of the molecule is COc1ccc(-c2cc(=O)c3c(OC)cc(OCC=O)cc3o2)cc1OC. The first kappa shape index (κ1) is 18.3. The first-order valence-electron chi connectivity index (χ1n) is 8.06. The molecule has 0 N–H and O–H groups in total. The third kappa shape index (κ3) is 3.57. The summed E-state index contributed by atoms with van der Waals surface area (Å²) in [5.74, 6) is 2.09. The number of carbonyl (C=O) groups excluding carboxylic acids is 1. The standard InChI is InChI=1S/C20H18O7/c1-23-15-5-4-12(8-17(15)24-2)16-11-14(22)20-18(25-3)9-13(26-7-6-21)10-19(20)27-16/h4-6,8-11H,7H2,1-3H3. The minimum atomic E-state index is -0.264. The van der Waals surface area contributed by atoms with Gasteiger partial charge in [0.05, 0.1) is 21.3 Å². The predicted octanol–water partition coefficient (Wildman–Crippen LogP) is 3.06. The van der Waals surface area contributed by atoms with Gasteiger partial charge in [0.2, 0.25) is 0 Å². The van der Waals surface area contributed by atoms with Crippen molar-refractivity contribution >= 4 is 17.3 Å². The summed E-state index contributed by atoms with van der Waals surface area (Å²) in [4.78, 5) is 23.2. The first-order valence-corrected chi connectivity index (χ1v) is 8.06. The Labute approximate surface area is 155 Å². The highest BCUT2D eigenvalue weighted by molar-refractivity contribution is 5.86. The van der Waals surface area contributed by atoms with E-state index >= 15 is 0 Å². The molecule has 0 aliphatic rings. The molecular formula is C20H18O7. The van der Waals surface area contributed by atoms with Gasteiger partial charge in [-0.3, -0.25) is 9.59 Å². The van der Waals surface area contributed by atoms with E-state index in [-0.39, 0.29) is 17.6 Å². The van der Waals surface area contributed by atoms with Crippen LogP contribution in [0.1, 0.15) is 0 Å². The maximum Gasteiger partial charge on any atom is 0.197 e. The zero-order valence-electron chi connectivity index (χ0n) is 15.1. The van der Waals surface area contributed by atoms with Crippen LogP contribution >= 0.6 is 0 Å². The van der Waals surface area contributed by atoms with Crippen LogP contribution in [0.5, 0.6) is 23.0 Å². The van der Waals surface area contributed by atoms with Gasteiger partial charge in [-0.2, -0.15) is 0 Å². The highest BCUT2D eigenvalue weighted by atomic mass is 16.5. The smallest absolute Gasteiger partial charge is 0.197 e. The largest absolute Gasteiger partial charge is 0.496 e. The van der Waals surface area contributed by atoms with Crippen LogP contribution in [-0.4, -0.2) is 34.2 Å². The summed E-state index contributed by atoms with van der Waals surface area (Å²) < 4.78 is 27.0. The van der Waals surface area contributed by atoms with Gasteiger partial charge in [0, 0.05) is 23.8 Å². The van der Waals surface area contributed by atoms with Gasteiger partial charge in [-0.1, -0.05) is 0 Å². The second-order valence-electron chi connectivity index (χ2n) is 5.52. The van der Waals surface area contributed by atoms with Crippen molar-refractivity contribution in [3.63, 3.8) is 0 Å². The Kier molecular flexibility index (Phi) is 5.30. The van der Waals surface area contributed by atoms with Crippen molar-refractivity contribution in [3.8, 4) is 34.3 Å². The van der Waals surface area contributed by atoms with E-state index < -0.39 is 0 Å². The number of fused-ring (bicyclic) bond motifs is 1. The quantitative estimate of drug-likeness (QED) is 0.591. The molecule has 0 spiro atoms. The van der Waals surface area contributed by atoms with E-state index in [1.165, 1.54) is 20.3 Å². The zero-order valence-corrected chi connectivity index (χ0v) is 15.1. The Morgan fingerprint density at radius 3 is 2.33 bits per heavy atom. The van der Waals surface area contributed by atoms with Crippen molar-refractivity contribution in [2.45, 2.75) is 0 Å². The van der Waals surface area contributed by atoms with Crippen molar-refractivity contribution in [2.75, 3.05) is 27.9 Å². The highest BCUT2D eigenvalue weighted by Gasteiger charge is 2.15. The Hall–Kier alpha value is -3.48. The van der Waals surface area contributed by atoms with E-state index in [1.54, 1.807) is 37.4 Å². The number of carbonyl (C=O) groups is 1. The van der Waals surface area contributed by atoms with Gasteiger partial charge in [0.1, 0.15) is 34.8 Å². The number of rotatable bonds is 7. The lowest BCUT2D eigenvalue weighted by atomic mass is 10.1. The molecule has 0 aliphatic carbocycles. The van der Waals surface area contributed by atoms with E-state index in [0.717, 1.165) is 0 Å². The van der Waals surface area contributed by atoms with Crippen LogP contribution in [-0.2, 0) is 4.79 Å². The molecule has 0 saturated heterocycles. The highest BCUT2D eigenvalue weighted by Crippen LogP contribution is 2.35. The summed E-state index contributed by atoms with van der Waals surface area (Å²) in [6.07, 6.45) is 0.632. The van der Waals surface area contributed by atoms with Gasteiger partial charge >= 0.3 is 0 Å². The zero-order chi connectivity index (χ0) is 19.4. The van der Waals surface area contributed by atoms with Gasteiger partial charge in [-0.05, 0) is 18.2 Å². The van der Waals surface area contributed by atoms with Gasteiger partial charge in [-0.25, -0.2) is 0 Å². The molecule has 0 unspecified atom stereocenters. The molecule has 0 radical (unpaired) electrons. The topological polar surface area (TPSA) is 84.2 Å². The molecule has 0 fully saturated rings. The van der Waals surface area contributed by atoms with E-state index in [2.05, 4.69) is 0 Å². The predicted molar refractivity (Wildman–Crippen MR) is 99.1 cm³/mol. The number of hydrogen-bond acceptors (Lipinski definition) is 7. The molecule has 1 aromatic heterocycles. The summed E-state index contributed by atoms with van der Waals surface area (Å²) in [7, 11) is 4.51. The molecule has 2 aromatic carbocycles. The fourth-order valence-corrected chi connectivity index (χ4v) is 2.73. The second kappa shape index (κ2) is 7.82. The molecule has 0 saturated carbocycles. The minimum absolute atomic E-state index is 0.117. The monoisotopic (exact) mass is 370 g/mol. The average molecular weight is 370 g/mol. The number of ether oxygens (including phenoxy) is 4. The average Bonchev–Trinajstić information content (AvgIpc) is 2.70. The number of methoxy groups -OCH3 is 3. The van der Waals surface area contributed by atoms with Crippen molar-refractivity contribution in [3.05, 3.63) is 46.6 Å². The molecule has 0 atom stereocenters. The molecule has 3 aromatic rings. The van der Waals surface area contributed by atoms with Crippen LogP contribution in [0.15, 0.2) is 45.6 Å². The molecule has 7 nitrogen and oxygen atoms in total. The summed E-state index contributed by atoms with van der Waals surface area (Å²) in [5, 5.41) is 0.292. The summed E-state index contributed by atoms with van der Waals surface area (Å²) in [5.41, 5.74) is 0.664. The third-order valence-electron chi connectivity index (χ3n) is 3.97. The van der Waals surface area contributed by atoms with Crippen LogP contribution < -0.4 is 24.4 Å². The molecule has 0 bridgehead atoms. The molecule has 3 rings (SSSR count). The molecule has 0 aliphatic heterocycles. The van der Waals surface area contributed by atoms with Crippen LogP contribution in [0.25, 0.3) is 22.3 Å². The molecule has 7 heteroatoms. The first-order chi connectivity index (χ1) is 13.1. The Morgan fingerprint density at radius 1 is 0.926 bits per heavy atom. The van der Waals surface area contributed by atoms with E-state index in [4.69, 9.17) is 23.4 Å². The number of aldehydes is 1. The number of hydrogen-bond donors (Lipinski definition) is 0. The summed E-state index contributed by atoms with van der Waals surface area (Å²) in [6, 6.07) is 9.68. The third-order valence-corrected chi connectivity index (χ3v) is 3.97. The maximum absolute atomic E-state index is 12.7. The molecule has 1 heterocycles. The fraction of sp³-hybridized carbons (Fsp3) is 0.200. The fourth-order valence-electron chi connectivity index (χ4n) is 2.73. The molecule has 27 heavy (non-hydrogen) atoms. The Bertz CT molecular complexity index is 1040. The lowest BCUT2D eigenvalue weighted by Crippen LogP contribution is -2.04. The number of benzene rings is 2. The normalized spacial score (nSPS) is 10.5. The van der Waals surface area contributed by atoms with Crippen molar-refractivity contribution in [2.24, 2.45) is 0 Å². The van der Waals surface area contributed by atoms with Gasteiger partial charge in [0.15, 0.2) is 23.2 Å². The van der Waals surface area contributed by atoms with Crippen molar-refractivity contribution in [1.29, 1.82) is 0 Å². The minimum Gasteiger partial charge on any atom is -0.496 e. The maximum atomic E-state index is 12.7. The second-order valence-corrected chi connectivity index (χ2v) is 5.52. The molecule has 0 amide bonds. The van der Waals surface area contributed by atoms with E-state index in [1.807, 2.05) is 0 Å².